The first kappa shape index (κ1) is 13.5. The van der Waals surface area contributed by atoms with Crippen LogP contribution in [0.4, 0.5) is 0 Å². The van der Waals surface area contributed by atoms with E-state index in [-0.39, 0.29) is 11.9 Å². The van der Waals surface area contributed by atoms with Crippen molar-refractivity contribution in [3.05, 3.63) is 0 Å². The van der Waals surface area contributed by atoms with Crippen molar-refractivity contribution in [3.63, 3.8) is 0 Å². The minimum atomic E-state index is -0.316. The van der Waals surface area contributed by atoms with E-state index < -0.39 is 0 Å². The average Bonchev–Trinajstić information content (AvgIpc) is 2.28. The third-order valence-corrected chi connectivity index (χ3v) is 3.76. The molecule has 0 aliphatic heterocycles. The monoisotopic (exact) mass is 226 g/mol. The molecule has 1 aliphatic rings. The molecule has 94 valence electrons. The standard InChI is InChI=1S/C13H26N2O/c1-3-6-12(14)13(16)15-9-11-8-5-4-7-10(11)2/h10-12H,3-9,14H2,1-2H3,(H,15,16). The van der Waals surface area contributed by atoms with E-state index >= 15 is 0 Å². The second kappa shape index (κ2) is 6.89. The van der Waals surface area contributed by atoms with E-state index in [1.54, 1.807) is 0 Å². The zero-order valence-corrected chi connectivity index (χ0v) is 10.7. The Hall–Kier alpha value is -0.570. The molecule has 3 heteroatoms. The molecular weight excluding hydrogens is 200 g/mol. The van der Waals surface area contributed by atoms with Gasteiger partial charge in [-0.05, 0) is 24.7 Å². The molecule has 0 radical (unpaired) electrons. The number of carbonyl (C=O) groups excluding carboxylic acids is 1. The van der Waals surface area contributed by atoms with Crippen molar-refractivity contribution in [2.24, 2.45) is 17.6 Å². The zero-order valence-electron chi connectivity index (χ0n) is 10.7. The highest BCUT2D eigenvalue weighted by Gasteiger charge is 2.22. The Bertz CT molecular complexity index is 218. The van der Waals surface area contributed by atoms with Crippen LogP contribution >= 0.6 is 0 Å². The predicted octanol–water partition coefficient (Wildman–Crippen LogP) is 2.06. The Morgan fingerprint density at radius 1 is 1.44 bits per heavy atom. The number of amides is 1. The fraction of sp³-hybridized carbons (Fsp3) is 0.923. The first-order valence-electron chi connectivity index (χ1n) is 6.68. The molecule has 0 aromatic rings. The lowest BCUT2D eigenvalue weighted by Crippen LogP contribution is -2.43. The van der Waals surface area contributed by atoms with Crippen molar-refractivity contribution in [3.8, 4) is 0 Å². The highest BCUT2D eigenvalue weighted by molar-refractivity contribution is 5.81. The minimum Gasteiger partial charge on any atom is -0.354 e. The van der Waals surface area contributed by atoms with Gasteiger partial charge in [0.2, 0.25) is 5.91 Å². The van der Waals surface area contributed by atoms with Gasteiger partial charge in [0.05, 0.1) is 6.04 Å². The Labute approximate surface area is 99.2 Å². The molecule has 1 fully saturated rings. The van der Waals surface area contributed by atoms with Crippen molar-refractivity contribution in [1.29, 1.82) is 0 Å². The molecule has 3 N–H and O–H groups in total. The summed E-state index contributed by atoms with van der Waals surface area (Å²) < 4.78 is 0. The molecule has 3 atom stereocenters. The van der Waals surface area contributed by atoms with Crippen molar-refractivity contribution in [1.82, 2.24) is 5.32 Å². The molecular formula is C13H26N2O. The van der Waals surface area contributed by atoms with Crippen LogP contribution in [0.2, 0.25) is 0 Å². The van der Waals surface area contributed by atoms with Crippen LogP contribution in [0.25, 0.3) is 0 Å². The lowest BCUT2D eigenvalue weighted by Gasteiger charge is -2.29. The van der Waals surface area contributed by atoms with Crippen LogP contribution in [0.1, 0.15) is 52.4 Å². The van der Waals surface area contributed by atoms with Gasteiger partial charge in [-0.1, -0.05) is 39.5 Å². The number of hydrogen-bond donors (Lipinski definition) is 2. The lowest BCUT2D eigenvalue weighted by atomic mass is 9.80. The maximum Gasteiger partial charge on any atom is 0.236 e. The summed E-state index contributed by atoms with van der Waals surface area (Å²) >= 11 is 0. The Morgan fingerprint density at radius 3 is 2.75 bits per heavy atom. The maximum absolute atomic E-state index is 11.6. The molecule has 1 rings (SSSR count). The third kappa shape index (κ3) is 4.12. The summed E-state index contributed by atoms with van der Waals surface area (Å²) in [6, 6.07) is -0.316. The molecule has 0 bridgehead atoms. The van der Waals surface area contributed by atoms with Crippen molar-refractivity contribution in [2.75, 3.05) is 6.54 Å². The normalized spacial score (nSPS) is 27.4. The number of nitrogens with two attached hydrogens (primary N) is 1. The second-order valence-corrected chi connectivity index (χ2v) is 5.16. The molecule has 3 unspecified atom stereocenters. The SMILES string of the molecule is CCCC(N)C(=O)NCC1CCCCC1C. The summed E-state index contributed by atoms with van der Waals surface area (Å²) in [5.74, 6) is 1.43. The number of nitrogens with one attached hydrogen (secondary N) is 1. The van der Waals surface area contributed by atoms with Crippen LogP contribution in [-0.2, 0) is 4.79 Å². The fourth-order valence-corrected chi connectivity index (χ4v) is 2.50. The van der Waals surface area contributed by atoms with E-state index in [1.807, 2.05) is 0 Å². The lowest BCUT2D eigenvalue weighted by molar-refractivity contribution is -0.122. The molecule has 0 saturated heterocycles. The summed E-state index contributed by atoms with van der Waals surface area (Å²) in [4.78, 5) is 11.6. The smallest absolute Gasteiger partial charge is 0.236 e. The average molecular weight is 226 g/mol. The van der Waals surface area contributed by atoms with Gasteiger partial charge in [0.25, 0.3) is 0 Å². The maximum atomic E-state index is 11.6. The van der Waals surface area contributed by atoms with Gasteiger partial charge in [-0.3, -0.25) is 4.79 Å². The van der Waals surface area contributed by atoms with Crippen molar-refractivity contribution < 1.29 is 4.79 Å². The van der Waals surface area contributed by atoms with E-state index in [0.29, 0.717) is 5.92 Å². The molecule has 1 amide bonds. The first-order valence-corrected chi connectivity index (χ1v) is 6.68. The number of carbonyl (C=O) groups is 1. The first-order chi connectivity index (χ1) is 7.65. The summed E-state index contributed by atoms with van der Waals surface area (Å²) in [7, 11) is 0. The molecule has 16 heavy (non-hydrogen) atoms. The third-order valence-electron chi connectivity index (χ3n) is 3.76. The molecule has 1 aliphatic carbocycles. The van der Waals surface area contributed by atoms with Crippen LogP contribution in [0, 0.1) is 11.8 Å². The van der Waals surface area contributed by atoms with Gasteiger partial charge < -0.3 is 11.1 Å². The Balaban J connectivity index is 2.24. The van der Waals surface area contributed by atoms with Gasteiger partial charge in [0.15, 0.2) is 0 Å². The van der Waals surface area contributed by atoms with Crippen LogP contribution in [-0.4, -0.2) is 18.5 Å². The van der Waals surface area contributed by atoms with Gasteiger partial charge >= 0.3 is 0 Å². The second-order valence-electron chi connectivity index (χ2n) is 5.16. The summed E-state index contributed by atoms with van der Waals surface area (Å²) in [5, 5.41) is 3.00. The summed E-state index contributed by atoms with van der Waals surface area (Å²) in [5.41, 5.74) is 5.77. The van der Waals surface area contributed by atoms with Crippen LogP contribution < -0.4 is 11.1 Å². The van der Waals surface area contributed by atoms with Gasteiger partial charge in [-0.15, -0.1) is 0 Å². The Kier molecular flexibility index (Phi) is 5.81. The topological polar surface area (TPSA) is 55.1 Å². The van der Waals surface area contributed by atoms with Crippen LogP contribution in [0.15, 0.2) is 0 Å². The van der Waals surface area contributed by atoms with E-state index in [2.05, 4.69) is 19.2 Å². The van der Waals surface area contributed by atoms with Gasteiger partial charge in [-0.25, -0.2) is 0 Å². The van der Waals surface area contributed by atoms with E-state index in [4.69, 9.17) is 5.73 Å². The number of hydrogen-bond acceptors (Lipinski definition) is 2. The van der Waals surface area contributed by atoms with E-state index in [0.717, 1.165) is 25.3 Å². The van der Waals surface area contributed by atoms with Crippen molar-refractivity contribution >= 4 is 5.91 Å². The quantitative estimate of drug-likeness (QED) is 0.754. The molecule has 0 heterocycles. The zero-order chi connectivity index (χ0) is 12.0. The van der Waals surface area contributed by atoms with Gasteiger partial charge in [0.1, 0.15) is 0 Å². The molecule has 0 aromatic carbocycles. The van der Waals surface area contributed by atoms with E-state index in [1.165, 1.54) is 25.7 Å². The van der Waals surface area contributed by atoms with Gasteiger partial charge in [0, 0.05) is 6.54 Å². The summed E-state index contributed by atoms with van der Waals surface area (Å²) in [6.07, 6.45) is 6.97. The summed E-state index contributed by atoms with van der Waals surface area (Å²) in [6.45, 7) is 5.16. The highest BCUT2D eigenvalue weighted by atomic mass is 16.2. The molecule has 1 saturated carbocycles. The molecule has 3 nitrogen and oxygen atoms in total. The van der Waals surface area contributed by atoms with Crippen LogP contribution in [0.3, 0.4) is 0 Å². The van der Waals surface area contributed by atoms with Gasteiger partial charge in [-0.2, -0.15) is 0 Å². The minimum absolute atomic E-state index is 0.0274. The Morgan fingerprint density at radius 2 is 2.12 bits per heavy atom. The highest BCUT2D eigenvalue weighted by Crippen LogP contribution is 2.28. The molecule has 0 aromatic heterocycles. The predicted molar refractivity (Wildman–Crippen MR) is 67.0 cm³/mol. The number of rotatable bonds is 5. The molecule has 0 spiro atoms. The fourth-order valence-electron chi connectivity index (χ4n) is 2.50. The van der Waals surface area contributed by atoms with E-state index in [9.17, 15) is 4.79 Å². The van der Waals surface area contributed by atoms with Crippen molar-refractivity contribution in [2.45, 2.75) is 58.4 Å². The largest absolute Gasteiger partial charge is 0.354 e. The van der Waals surface area contributed by atoms with Crippen LogP contribution in [0.5, 0.6) is 0 Å².